The quantitative estimate of drug-likeness (QED) is 0.529. The molecular weight excluding hydrogens is 408 g/mol. The molecule has 3 aliphatic rings. The van der Waals surface area contributed by atoms with Crippen LogP contribution in [0.4, 0.5) is 10.6 Å². The SMILES string of the molecule is CC1(CN2CCN(C(=O)OC3(C(N)=O)CCCCC3)CC2)Cn2cc([N+](=O)[O-])nc2O1. The Kier molecular flexibility index (Phi) is 5.50. The van der Waals surface area contributed by atoms with E-state index in [1.165, 1.54) is 6.20 Å². The maximum atomic E-state index is 12.7. The van der Waals surface area contributed by atoms with Crippen LogP contribution < -0.4 is 10.5 Å². The van der Waals surface area contributed by atoms with Gasteiger partial charge in [-0.2, -0.15) is 0 Å². The summed E-state index contributed by atoms with van der Waals surface area (Å²) >= 11 is 0. The number of nitrogens with zero attached hydrogens (tertiary/aromatic N) is 5. The van der Waals surface area contributed by atoms with Crippen molar-refractivity contribution in [3.05, 3.63) is 16.3 Å². The molecule has 3 heterocycles. The van der Waals surface area contributed by atoms with Crippen molar-refractivity contribution in [1.82, 2.24) is 19.4 Å². The second-order valence-corrected chi connectivity index (χ2v) is 8.87. The van der Waals surface area contributed by atoms with Gasteiger partial charge in [-0.3, -0.25) is 14.3 Å². The maximum Gasteiger partial charge on any atom is 0.415 e. The Morgan fingerprint density at radius 3 is 2.52 bits per heavy atom. The number of amides is 2. The molecule has 1 saturated carbocycles. The standard InChI is InChI=1S/C19H28N6O6/c1-18(13-24-11-14(25(28)29)21-16(24)30-18)12-22-7-9-23(10-8-22)17(27)31-19(15(20)26)5-3-2-4-6-19/h11H,2-10,12-13H2,1H3,(H2,20,26). The predicted octanol–water partition coefficient (Wildman–Crippen LogP) is 0.885. The summed E-state index contributed by atoms with van der Waals surface area (Å²) in [4.78, 5) is 42.6. The first-order chi connectivity index (χ1) is 14.7. The molecule has 2 N–H and O–H groups in total. The minimum absolute atomic E-state index is 0.226. The average molecular weight is 436 g/mol. The summed E-state index contributed by atoms with van der Waals surface area (Å²) in [6, 6.07) is 0.251. The van der Waals surface area contributed by atoms with Gasteiger partial charge >= 0.3 is 17.9 Å². The molecule has 1 aliphatic carbocycles. The highest BCUT2D eigenvalue weighted by Gasteiger charge is 2.44. The minimum atomic E-state index is -1.18. The highest BCUT2D eigenvalue weighted by atomic mass is 16.6. The third-order valence-electron chi connectivity index (χ3n) is 6.34. The summed E-state index contributed by atoms with van der Waals surface area (Å²) in [6.07, 6.45) is 4.52. The van der Waals surface area contributed by atoms with Gasteiger partial charge in [-0.1, -0.05) is 6.42 Å². The van der Waals surface area contributed by atoms with Crippen molar-refractivity contribution in [2.24, 2.45) is 5.73 Å². The van der Waals surface area contributed by atoms with Gasteiger partial charge in [0.1, 0.15) is 11.8 Å². The smallest absolute Gasteiger partial charge is 0.415 e. The molecule has 1 atom stereocenters. The number of piperazine rings is 1. The number of primary amides is 1. The molecule has 0 radical (unpaired) electrons. The van der Waals surface area contributed by atoms with Crippen LogP contribution in [0.15, 0.2) is 6.20 Å². The Bertz CT molecular complexity index is 848. The van der Waals surface area contributed by atoms with Crippen molar-refractivity contribution >= 4 is 17.8 Å². The van der Waals surface area contributed by atoms with Gasteiger partial charge in [0.15, 0.2) is 5.60 Å². The first-order valence-corrected chi connectivity index (χ1v) is 10.6. The zero-order valence-electron chi connectivity index (χ0n) is 17.6. The van der Waals surface area contributed by atoms with E-state index >= 15 is 0 Å². The Labute approximate surface area is 179 Å². The molecule has 2 amide bonds. The van der Waals surface area contributed by atoms with E-state index < -0.39 is 28.1 Å². The van der Waals surface area contributed by atoms with Crippen molar-refractivity contribution in [3.8, 4) is 6.01 Å². The number of nitrogens with two attached hydrogens (primary N) is 1. The van der Waals surface area contributed by atoms with Crippen LogP contribution in [-0.2, 0) is 16.1 Å². The van der Waals surface area contributed by atoms with Gasteiger partial charge in [0, 0.05) is 37.7 Å². The van der Waals surface area contributed by atoms with Gasteiger partial charge in [0.2, 0.25) is 0 Å². The van der Waals surface area contributed by atoms with Crippen molar-refractivity contribution in [3.63, 3.8) is 0 Å². The minimum Gasteiger partial charge on any atom is -0.436 e. The molecule has 2 fully saturated rings. The van der Waals surface area contributed by atoms with Crippen molar-refractivity contribution in [1.29, 1.82) is 0 Å². The fourth-order valence-corrected chi connectivity index (χ4v) is 4.68. The van der Waals surface area contributed by atoms with E-state index in [9.17, 15) is 19.7 Å². The fraction of sp³-hybridized carbons (Fsp3) is 0.737. The van der Waals surface area contributed by atoms with Crippen molar-refractivity contribution < 1.29 is 24.0 Å². The second-order valence-electron chi connectivity index (χ2n) is 8.87. The van der Waals surface area contributed by atoms with Gasteiger partial charge in [0.05, 0.1) is 6.54 Å². The number of fused-ring (bicyclic) bond motifs is 1. The van der Waals surface area contributed by atoms with Crippen molar-refractivity contribution in [2.45, 2.75) is 56.8 Å². The molecule has 12 nitrogen and oxygen atoms in total. The normalized spacial score (nSPS) is 25.5. The number of hydrogen-bond donors (Lipinski definition) is 1. The lowest BCUT2D eigenvalue weighted by atomic mass is 9.84. The molecule has 1 aromatic rings. The molecule has 12 heteroatoms. The Morgan fingerprint density at radius 2 is 1.94 bits per heavy atom. The molecule has 2 aliphatic heterocycles. The lowest BCUT2D eigenvalue weighted by molar-refractivity contribution is -0.389. The van der Waals surface area contributed by atoms with E-state index in [0.29, 0.717) is 52.1 Å². The molecular formula is C19H28N6O6. The summed E-state index contributed by atoms with van der Waals surface area (Å²) in [7, 11) is 0. The summed E-state index contributed by atoms with van der Waals surface area (Å²) in [5.41, 5.74) is 3.82. The van der Waals surface area contributed by atoms with Crippen LogP contribution in [0.3, 0.4) is 0 Å². The zero-order chi connectivity index (χ0) is 22.2. The van der Waals surface area contributed by atoms with Crippen LogP contribution in [0.1, 0.15) is 39.0 Å². The average Bonchev–Trinajstić information content (AvgIpc) is 3.24. The summed E-state index contributed by atoms with van der Waals surface area (Å²) in [6.45, 7) is 5.19. The fourth-order valence-electron chi connectivity index (χ4n) is 4.68. The summed E-state index contributed by atoms with van der Waals surface area (Å²) in [5.74, 6) is -0.792. The van der Waals surface area contributed by atoms with Gasteiger partial charge < -0.3 is 30.2 Å². The highest BCUT2D eigenvalue weighted by molar-refractivity contribution is 5.86. The molecule has 170 valence electrons. The van der Waals surface area contributed by atoms with Gasteiger partial charge in [-0.25, -0.2) is 4.79 Å². The zero-order valence-corrected chi connectivity index (χ0v) is 17.6. The monoisotopic (exact) mass is 436 g/mol. The van der Waals surface area contributed by atoms with E-state index in [4.69, 9.17) is 15.2 Å². The molecule has 0 bridgehead atoms. The number of aromatic nitrogens is 2. The summed E-state index contributed by atoms with van der Waals surface area (Å²) < 4.78 is 13.2. The van der Waals surface area contributed by atoms with Gasteiger partial charge in [0.25, 0.3) is 5.91 Å². The van der Waals surface area contributed by atoms with Crippen LogP contribution in [-0.4, -0.2) is 80.2 Å². The first-order valence-electron chi connectivity index (χ1n) is 10.6. The number of nitro groups is 1. The van der Waals surface area contributed by atoms with Crippen LogP contribution in [0.2, 0.25) is 0 Å². The number of hydrogen-bond acceptors (Lipinski definition) is 8. The summed E-state index contributed by atoms with van der Waals surface area (Å²) in [5, 5.41) is 10.9. The number of carbonyl (C=O) groups excluding carboxylic acids is 2. The molecule has 0 aromatic carbocycles. The largest absolute Gasteiger partial charge is 0.436 e. The number of carbonyl (C=O) groups is 2. The van der Waals surface area contributed by atoms with Crippen LogP contribution in [0.25, 0.3) is 0 Å². The van der Waals surface area contributed by atoms with Crippen molar-refractivity contribution in [2.75, 3.05) is 32.7 Å². The predicted molar refractivity (Wildman–Crippen MR) is 107 cm³/mol. The third kappa shape index (κ3) is 4.29. The highest BCUT2D eigenvalue weighted by Crippen LogP contribution is 2.33. The lowest BCUT2D eigenvalue weighted by Crippen LogP contribution is -2.56. The van der Waals surface area contributed by atoms with Gasteiger partial charge in [-0.15, -0.1) is 0 Å². The van der Waals surface area contributed by atoms with E-state index in [-0.39, 0.29) is 11.8 Å². The first kappa shape index (κ1) is 21.3. The molecule has 1 unspecified atom stereocenters. The number of imidazole rings is 1. The second kappa shape index (κ2) is 7.98. The van der Waals surface area contributed by atoms with E-state index in [0.717, 1.165) is 19.3 Å². The molecule has 1 saturated heterocycles. The van der Waals surface area contributed by atoms with Crippen LogP contribution >= 0.6 is 0 Å². The Morgan fingerprint density at radius 1 is 1.26 bits per heavy atom. The van der Waals surface area contributed by atoms with E-state index in [1.807, 2.05) is 6.92 Å². The Hall–Kier alpha value is -2.89. The third-order valence-corrected chi connectivity index (χ3v) is 6.34. The van der Waals surface area contributed by atoms with E-state index in [1.54, 1.807) is 9.47 Å². The Balaban J connectivity index is 1.28. The van der Waals surface area contributed by atoms with Crippen LogP contribution in [0.5, 0.6) is 6.01 Å². The maximum absolute atomic E-state index is 12.7. The van der Waals surface area contributed by atoms with Crippen LogP contribution in [0, 0.1) is 10.1 Å². The molecule has 1 aromatic heterocycles. The molecule has 4 rings (SSSR count). The lowest BCUT2D eigenvalue weighted by Gasteiger charge is -2.40. The topological polar surface area (TPSA) is 146 Å². The van der Waals surface area contributed by atoms with E-state index in [2.05, 4.69) is 9.88 Å². The molecule has 0 spiro atoms. The van der Waals surface area contributed by atoms with Gasteiger partial charge in [-0.05, 0) is 37.5 Å². The number of rotatable bonds is 5. The molecule has 31 heavy (non-hydrogen) atoms. The number of ether oxygens (including phenoxy) is 2.